The highest BCUT2D eigenvalue weighted by Gasteiger charge is 2.21. The molecule has 0 radical (unpaired) electrons. The van der Waals surface area contributed by atoms with Crippen molar-refractivity contribution in [2.24, 2.45) is 0 Å². The Kier molecular flexibility index (Phi) is 3.94. The number of anilines is 4. The van der Waals surface area contributed by atoms with Gasteiger partial charge in [0.15, 0.2) is 0 Å². The summed E-state index contributed by atoms with van der Waals surface area (Å²) in [5.41, 5.74) is 4.76. The topological polar surface area (TPSA) is 41.1 Å². The first kappa shape index (κ1) is 15.1. The lowest BCUT2D eigenvalue weighted by molar-refractivity contribution is 0.941. The highest BCUT2D eigenvalue weighted by atomic mass is 79.9. The van der Waals surface area contributed by atoms with E-state index in [9.17, 15) is 0 Å². The third-order valence-corrected chi connectivity index (χ3v) is 5.07. The molecule has 5 heteroatoms. The predicted octanol–water partition coefficient (Wildman–Crippen LogP) is 4.99. The minimum Gasteiger partial charge on any atom is -0.340 e. The van der Waals surface area contributed by atoms with Gasteiger partial charge in [-0.05, 0) is 48.7 Å². The van der Waals surface area contributed by atoms with Crippen LogP contribution in [0.3, 0.4) is 0 Å². The fourth-order valence-corrected chi connectivity index (χ4v) is 3.29. The zero-order valence-electron chi connectivity index (χ0n) is 13.3. The molecule has 24 heavy (non-hydrogen) atoms. The second-order valence-electron chi connectivity index (χ2n) is 5.86. The van der Waals surface area contributed by atoms with Gasteiger partial charge in [-0.1, -0.05) is 40.2 Å². The lowest BCUT2D eigenvalue weighted by atomic mass is 10.2. The quantitative estimate of drug-likeness (QED) is 0.694. The fraction of sp³-hybridized carbons (Fsp3) is 0.158. The van der Waals surface area contributed by atoms with Crippen LogP contribution in [0.4, 0.5) is 23.1 Å². The van der Waals surface area contributed by atoms with E-state index in [1.54, 1.807) is 6.20 Å². The second-order valence-corrected chi connectivity index (χ2v) is 6.72. The predicted molar refractivity (Wildman–Crippen MR) is 101 cm³/mol. The molecular weight excluding hydrogens is 364 g/mol. The van der Waals surface area contributed by atoms with Crippen molar-refractivity contribution < 1.29 is 0 Å². The van der Waals surface area contributed by atoms with Gasteiger partial charge in [-0.3, -0.25) is 0 Å². The minimum absolute atomic E-state index is 0.733. The molecular formula is C19H17BrN4. The molecule has 1 aliphatic rings. The van der Waals surface area contributed by atoms with Gasteiger partial charge < -0.3 is 10.2 Å². The lowest BCUT2D eigenvalue weighted by Gasteiger charge is -2.17. The first-order chi connectivity index (χ1) is 11.7. The number of benzene rings is 2. The average Bonchev–Trinajstić information content (AvgIpc) is 3.03. The Bertz CT molecular complexity index is 894. The normalized spacial score (nSPS) is 13.0. The standard InChI is InChI=1S/C19H17BrN4/c1-13-6-7-15(12-16(13)20)22-18-8-10-21-19(23-18)24-11-9-14-4-2-3-5-17(14)24/h2-8,10,12H,9,11H2,1H3,(H,21,22,23). The molecule has 3 aromatic rings. The summed E-state index contributed by atoms with van der Waals surface area (Å²) in [6.45, 7) is 2.99. The summed E-state index contributed by atoms with van der Waals surface area (Å²) in [5.74, 6) is 1.52. The molecule has 4 rings (SSSR count). The van der Waals surface area contributed by atoms with Gasteiger partial charge in [0, 0.05) is 28.6 Å². The molecule has 0 amide bonds. The molecule has 2 aromatic carbocycles. The number of aromatic nitrogens is 2. The fourth-order valence-electron chi connectivity index (χ4n) is 2.91. The van der Waals surface area contributed by atoms with Gasteiger partial charge in [0.05, 0.1) is 0 Å². The number of para-hydroxylation sites is 1. The molecule has 0 atom stereocenters. The van der Waals surface area contributed by atoms with E-state index < -0.39 is 0 Å². The van der Waals surface area contributed by atoms with Crippen LogP contribution in [0.15, 0.2) is 59.2 Å². The molecule has 1 N–H and O–H groups in total. The van der Waals surface area contributed by atoms with Crippen LogP contribution in [0.2, 0.25) is 0 Å². The van der Waals surface area contributed by atoms with Crippen molar-refractivity contribution in [3.8, 4) is 0 Å². The van der Waals surface area contributed by atoms with Crippen LogP contribution < -0.4 is 10.2 Å². The Labute approximate surface area is 149 Å². The summed E-state index contributed by atoms with van der Waals surface area (Å²) >= 11 is 3.56. The maximum Gasteiger partial charge on any atom is 0.231 e. The van der Waals surface area contributed by atoms with Gasteiger partial charge in [-0.25, -0.2) is 4.98 Å². The molecule has 0 spiro atoms. The zero-order valence-corrected chi connectivity index (χ0v) is 14.9. The molecule has 0 saturated heterocycles. The Morgan fingerprint density at radius 3 is 2.88 bits per heavy atom. The highest BCUT2D eigenvalue weighted by molar-refractivity contribution is 9.10. The van der Waals surface area contributed by atoms with Crippen molar-refractivity contribution in [1.82, 2.24) is 9.97 Å². The number of fused-ring (bicyclic) bond motifs is 1. The van der Waals surface area contributed by atoms with E-state index in [1.165, 1.54) is 16.8 Å². The number of hydrogen-bond donors (Lipinski definition) is 1. The van der Waals surface area contributed by atoms with E-state index in [0.717, 1.165) is 34.9 Å². The largest absolute Gasteiger partial charge is 0.340 e. The monoisotopic (exact) mass is 380 g/mol. The summed E-state index contributed by atoms with van der Waals surface area (Å²) in [5, 5.41) is 3.35. The van der Waals surface area contributed by atoms with Crippen molar-refractivity contribution in [3.05, 3.63) is 70.3 Å². The lowest BCUT2D eigenvalue weighted by Crippen LogP contribution is -2.16. The number of nitrogens with one attached hydrogen (secondary N) is 1. The summed E-state index contributed by atoms with van der Waals surface area (Å²) < 4.78 is 1.08. The average molecular weight is 381 g/mol. The van der Waals surface area contributed by atoms with Gasteiger partial charge >= 0.3 is 0 Å². The minimum atomic E-state index is 0.733. The van der Waals surface area contributed by atoms with Crippen molar-refractivity contribution in [3.63, 3.8) is 0 Å². The maximum absolute atomic E-state index is 4.69. The van der Waals surface area contributed by atoms with Crippen LogP contribution in [0.5, 0.6) is 0 Å². The van der Waals surface area contributed by atoms with E-state index in [1.807, 2.05) is 12.1 Å². The van der Waals surface area contributed by atoms with Gasteiger partial charge in [-0.15, -0.1) is 0 Å². The van der Waals surface area contributed by atoms with Crippen LogP contribution in [-0.2, 0) is 6.42 Å². The van der Waals surface area contributed by atoms with Gasteiger partial charge in [-0.2, -0.15) is 4.98 Å². The molecule has 0 bridgehead atoms. The van der Waals surface area contributed by atoms with Crippen LogP contribution >= 0.6 is 15.9 Å². The van der Waals surface area contributed by atoms with Gasteiger partial charge in [0.2, 0.25) is 5.95 Å². The Morgan fingerprint density at radius 2 is 2.00 bits per heavy atom. The van der Waals surface area contributed by atoms with E-state index >= 15 is 0 Å². The molecule has 0 aliphatic carbocycles. The van der Waals surface area contributed by atoms with Gasteiger partial charge in [0.25, 0.3) is 0 Å². The van der Waals surface area contributed by atoms with Crippen molar-refractivity contribution in [2.75, 3.05) is 16.8 Å². The summed E-state index contributed by atoms with van der Waals surface area (Å²) in [4.78, 5) is 11.3. The van der Waals surface area contributed by atoms with Crippen molar-refractivity contribution in [1.29, 1.82) is 0 Å². The Morgan fingerprint density at radius 1 is 1.12 bits per heavy atom. The third-order valence-electron chi connectivity index (χ3n) is 4.22. The smallest absolute Gasteiger partial charge is 0.231 e. The molecule has 120 valence electrons. The Hall–Kier alpha value is -2.40. The van der Waals surface area contributed by atoms with Crippen LogP contribution in [0.1, 0.15) is 11.1 Å². The third kappa shape index (κ3) is 2.87. The first-order valence-electron chi connectivity index (χ1n) is 7.92. The zero-order chi connectivity index (χ0) is 16.5. The van der Waals surface area contributed by atoms with E-state index in [-0.39, 0.29) is 0 Å². The molecule has 1 aliphatic heterocycles. The number of nitrogens with zero attached hydrogens (tertiary/aromatic N) is 3. The van der Waals surface area contributed by atoms with E-state index in [4.69, 9.17) is 0 Å². The number of aryl methyl sites for hydroxylation is 1. The van der Waals surface area contributed by atoms with E-state index in [2.05, 4.69) is 79.4 Å². The van der Waals surface area contributed by atoms with Crippen molar-refractivity contribution in [2.45, 2.75) is 13.3 Å². The number of hydrogen-bond acceptors (Lipinski definition) is 4. The van der Waals surface area contributed by atoms with Gasteiger partial charge in [0.1, 0.15) is 5.82 Å². The second kappa shape index (κ2) is 6.24. The first-order valence-corrected chi connectivity index (χ1v) is 8.72. The van der Waals surface area contributed by atoms with Crippen LogP contribution in [-0.4, -0.2) is 16.5 Å². The molecule has 0 saturated carbocycles. The number of rotatable bonds is 3. The molecule has 2 heterocycles. The summed E-state index contributed by atoms with van der Waals surface area (Å²) in [6, 6.07) is 16.5. The summed E-state index contributed by atoms with van der Waals surface area (Å²) in [6.07, 6.45) is 2.83. The molecule has 0 unspecified atom stereocenters. The van der Waals surface area contributed by atoms with E-state index in [0.29, 0.717) is 0 Å². The van der Waals surface area contributed by atoms with Crippen LogP contribution in [0.25, 0.3) is 0 Å². The van der Waals surface area contributed by atoms with Crippen molar-refractivity contribution >= 4 is 39.1 Å². The highest BCUT2D eigenvalue weighted by Crippen LogP contribution is 2.32. The number of halogens is 1. The maximum atomic E-state index is 4.69. The summed E-state index contributed by atoms with van der Waals surface area (Å²) in [7, 11) is 0. The Balaban J connectivity index is 1.61. The molecule has 1 aromatic heterocycles. The van der Waals surface area contributed by atoms with Crippen LogP contribution in [0, 0.1) is 6.92 Å². The molecule has 4 nitrogen and oxygen atoms in total. The molecule has 0 fully saturated rings. The SMILES string of the molecule is Cc1ccc(Nc2ccnc(N3CCc4ccccc43)n2)cc1Br.